The molecule has 0 radical (unpaired) electrons. The molecule has 0 saturated heterocycles. The molecular formula is C23H30N4O3. The normalized spacial score (nSPS) is 11.7. The Kier molecular flexibility index (Phi) is 7.98. The largest absolute Gasteiger partial charge is 0.326 e. The molecule has 0 aromatic heterocycles. The summed E-state index contributed by atoms with van der Waals surface area (Å²) in [6, 6.07) is 13.2. The van der Waals surface area contributed by atoms with Gasteiger partial charge in [0.2, 0.25) is 11.8 Å². The van der Waals surface area contributed by atoms with Crippen molar-refractivity contribution < 1.29 is 14.4 Å². The second kappa shape index (κ2) is 10.4. The molecule has 1 atom stereocenters. The van der Waals surface area contributed by atoms with Gasteiger partial charge < -0.3 is 21.3 Å². The fourth-order valence-electron chi connectivity index (χ4n) is 2.70. The van der Waals surface area contributed by atoms with E-state index in [1.807, 2.05) is 58.9 Å². The number of urea groups is 1. The monoisotopic (exact) mass is 410 g/mol. The second-order valence-electron chi connectivity index (χ2n) is 7.85. The first-order chi connectivity index (χ1) is 14.2. The molecule has 7 nitrogen and oxygen atoms in total. The van der Waals surface area contributed by atoms with Crippen molar-refractivity contribution >= 4 is 34.9 Å². The molecule has 0 aliphatic heterocycles. The lowest BCUT2D eigenvalue weighted by molar-refractivity contribution is -0.119. The van der Waals surface area contributed by atoms with Gasteiger partial charge in [0.25, 0.3) is 0 Å². The highest BCUT2D eigenvalue weighted by atomic mass is 16.2. The fraction of sp³-hybridized carbons (Fsp3) is 0.348. The molecule has 0 fully saturated rings. The third-order valence-corrected chi connectivity index (χ3v) is 4.55. The number of amides is 4. The Morgan fingerprint density at radius 1 is 0.767 bits per heavy atom. The number of nitrogens with one attached hydrogen (secondary N) is 4. The van der Waals surface area contributed by atoms with Crippen LogP contribution in [0.25, 0.3) is 0 Å². The molecule has 4 amide bonds. The van der Waals surface area contributed by atoms with Crippen molar-refractivity contribution in [2.75, 3.05) is 16.0 Å². The molecule has 2 aromatic carbocycles. The number of rotatable bonds is 7. The van der Waals surface area contributed by atoms with Crippen LogP contribution in [0.3, 0.4) is 0 Å². The first kappa shape index (κ1) is 22.9. The zero-order valence-electron chi connectivity index (χ0n) is 18.1. The number of benzene rings is 2. The van der Waals surface area contributed by atoms with Crippen LogP contribution in [-0.2, 0) is 9.59 Å². The third-order valence-electron chi connectivity index (χ3n) is 4.55. The van der Waals surface area contributed by atoms with Gasteiger partial charge in [-0.25, -0.2) is 4.79 Å². The standard InChI is InChI=1S/C23H30N4O3/c1-14(2)20(27-23(30)25-17-9-7-6-8-10-17)22(29)26-19-13-18(12-11-16(19)5)24-21(28)15(3)4/h6-15,20H,1-5H3,(H,24,28)(H,26,29)(H2,25,27,30). The average molecular weight is 411 g/mol. The van der Waals surface area contributed by atoms with E-state index in [1.54, 1.807) is 24.3 Å². The first-order valence-corrected chi connectivity index (χ1v) is 10.0. The van der Waals surface area contributed by atoms with Gasteiger partial charge in [0.05, 0.1) is 0 Å². The van der Waals surface area contributed by atoms with Crippen molar-refractivity contribution in [3.63, 3.8) is 0 Å². The van der Waals surface area contributed by atoms with E-state index in [1.165, 1.54) is 0 Å². The quantitative estimate of drug-likeness (QED) is 0.545. The average Bonchev–Trinajstić information content (AvgIpc) is 2.69. The predicted molar refractivity (Wildman–Crippen MR) is 120 cm³/mol. The summed E-state index contributed by atoms with van der Waals surface area (Å²) in [5.41, 5.74) is 2.67. The zero-order valence-corrected chi connectivity index (χ0v) is 18.1. The number of anilines is 3. The molecule has 7 heteroatoms. The number of hydrogen-bond acceptors (Lipinski definition) is 3. The van der Waals surface area contributed by atoms with Crippen LogP contribution in [0.1, 0.15) is 33.3 Å². The maximum absolute atomic E-state index is 12.9. The minimum atomic E-state index is -0.734. The summed E-state index contributed by atoms with van der Waals surface area (Å²) in [6.07, 6.45) is 0. The van der Waals surface area contributed by atoms with E-state index >= 15 is 0 Å². The fourth-order valence-corrected chi connectivity index (χ4v) is 2.70. The van der Waals surface area contributed by atoms with E-state index in [2.05, 4.69) is 21.3 Å². The van der Waals surface area contributed by atoms with E-state index in [0.29, 0.717) is 17.1 Å². The van der Waals surface area contributed by atoms with Crippen LogP contribution in [0.15, 0.2) is 48.5 Å². The van der Waals surface area contributed by atoms with Crippen LogP contribution in [0.4, 0.5) is 21.9 Å². The lowest BCUT2D eigenvalue weighted by Crippen LogP contribution is -2.48. The van der Waals surface area contributed by atoms with Crippen LogP contribution in [0, 0.1) is 18.8 Å². The minimum absolute atomic E-state index is 0.101. The SMILES string of the molecule is Cc1ccc(NC(=O)C(C)C)cc1NC(=O)C(NC(=O)Nc1ccccc1)C(C)C. The van der Waals surface area contributed by atoms with E-state index in [0.717, 1.165) is 5.56 Å². The molecule has 0 aliphatic carbocycles. The first-order valence-electron chi connectivity index (χ1n) is 10.0. The summed E-state index contributed by atoms with van der Waals surface area (Å²) in [4.78, 5) is 37.2. The van der Waals surface area contributed by atoms with E-state index in [9.17, 15) is 14.4 Å². The molecule has 4 N–H and O–H groups in total. The van der Waals surface area contributed by atoms with E-state index in [4.69, 9.17) is 0 Å². The van der Waals surface area contributed by atoms with Crippen LogP contribution in [0.2, 0.25) is 0 Å². The Hall–Kier alpha value is -3.35. The molecular weight excluding hydrogens is 380 g/mol. The lowest BCUT2D eigenvalue weighted by Gasteiger charge is -2.22. The Morgan fingerprint density at radius 3 is 2.03 bits per heavy atom. The summed E-state index contributed by atoms with van der Waals surface area (Å²) < 4.78 is 0. The number of carbonyl (C=O) groups is 3. The molecule has 160 valence electrons. The zero-order chi connectivity index (χ0) is 22.3. The van der Waals surface area contributed by atoms with E-state index in [-0.39, 0.29) is 23.7 Å². The van der Waals surface area contributed by atoms with Crippen molar-refractivity contribution in [2.24, 2.45) is 11.8 Å². The molecule has 0 saturated carbocycles. The van der Waals surface area contributed by atoms with Crippen LogP contribution in [0.5, 0.6) is 0 Å². The topological polar surface area (TPSA) is 99.3 Å². The van der Waals surface area contributed by atoms with Gasteiger partial charge in [-0.05, 0) is 42.7 Å². The van der Waals surface area contributed by atoms with Gasteiger partial charge in [-0.3, -0.25) is 9.59 Å². The Bertz CT molecular complexity index is 895. The summed E-state index contributed by atoms with van der Waals surface area (Å²) >= 11 is 0. The molecule has 30 heavy (non-hydrogen) atoms. The Labute approximate surface area is 177 Å². The number of para-hydroxylation sites is 1. The highest BCUT2D eigenvalue weighted by Crippen LogP contribution is 2.21. The number of hydrogen-bond donors (Lipinski definition) is 4. The third kappa shape index (κ3) is 6.62. The Morgan fingerprint density at radius 2 is 1.43 bits per heavy atom. The van der Waals surface area contributed by atoms with Gasteiger partial charge in [-0.15, -0.1) is 0 Å². The van der Waals surface area contributed by atoms with Crippen LogP contribution < -0.4 is 21.3 Å². The smallest absolute Gasteiger partial charge is 0.319 e. The molecule has 2 aromatic rings. The molecule has 0 spiro atoms. The van der Waals surface area contributed by atoms with Gasteiger partial charge in [0, 0.05) is 23.0 Å². The summed E-state index contributed by atoms with van der Waals surface area (Å²) in [5, 5.41) is 11.2. The summed E-state index contributed by atoms with van der Waals surface area (Å²) in [5.74, 6) is -0.711. The van der Waals surface area contributed by atoms with Gasteiger partial charge >= 0.3 is 6.03 Å². The molecule has 0 bridgehead atoms. The second-order valence-corrected chi connectivity index (χ2v) is 7.85. The molecule has 2 rings (SSSR count). The summed E-state index contributed by atoms with van der Waals surface area (Å²) in [7, 11) is 0. The highest BCUT2D eigenvalue weighted by molar-refractivity contribution is 6.00. The van der Waals surface area contributed by atoms with Gasteiger partial charge in [-0.1, -0.05) is 52.0 Å². The predicted octanol–water partition coefficient (Wildman–Crippen LogP) is 4.37. The van der Waals surface area contributed by atoms with Crippen LogP contribution >= 0.6 is 0 Å². The maximum atomic E-state index is 12.9. The molecule has 1 unspecified atom stereocenters. The summed E-state index contributed by atoms with van der Waals surface area (Å²) in [6.45, 7) is 9.21. The van der Waals surface area contributed by atoms with Crippen molar-refractivity contribution in [1.82, 2.24) is 5.32 Å². The molecule has 0 heterocycles. The lowest BCUT2D eigenvalue weighted by atomic mass is 10.0. The number of aryl methyl sites for hydroxylation is 1. The van der Waals surface area contributed by atoms with Gasteiger partial charge in [0.1, 0.15) is 6.04 Å². The minimum Gasteiger partial charge on any atom is -0.326 e. The van der Waals surface area contributed by atoms with Gasteiger partial charge in [0.15, 0.2) is 0 Å². The van der Waals surface area contributed by atoms with Crippen molar-refractivity contribution in [3.05, 3.63) is 54.1 Å². The maximum Gasteiger partial charge on any atom is 0.319 e. The number of carbonyl (C=O) groups excluding carboxylic acids is 3. The van der Waals surface area contributed by atoms with Crippen molar-refractivity contribution in [3.8, 4) is 0 Å². The van der Waals surface area contributed by atoms with Gasteiger partial charge in [-0.2, -0.15) is 0 Å². The Balaban J connectivity index is 2.09. The van der Waals surface area contributed by atoms with Crippen LogP contribution in [-0.4, -0.2) is 23.9 Å². The highest BCUT2D eigenvalue weighted by Gasteiger charge is 2.25. The van der Waals surface area contributed by atoms with E-state index < -0.39 is 12.1 Å². The van der Waals surface area contributed by atoms with Crippen molar-refractivity contribution in [1.29, 1.82) is 0 Å². The molecule has 0 aliphatic rings. The van der Waals surface area contributed by atoms with Crippen molar-refractivity contribution in [2.45, 2.75) is 40.7 Å².